The molecule has 2 rings (SSSR count). The average molecular weight is 277 g/mol. The van der Waals surface area contributed by atoms with Gasteiger partial charge in [0.05, 0.1) is 17.2 Å². The van der Waals surface area contributed by atoms with E-state index in [2.05, 4.69) is 0 Å². The molecule has 0 aliphatic carbocycles. The van der Waals surface area contributed by atoms with Crippen LogP contribution in [0.3, 0.4) is 0 Å². The van der Waals surface area contributed by atoms with Crippen LogP contribution in [0.1, 0.15) is 22.3 Å². The molecule has 19 heavy (non-hydrogen) atoms. The second-order valence-corrected chi connectivity index (χ2v) is 4.36. The van der Waals surface area contributed by atoms with E-state index in [1.54, 1.807) is 0 Å². The molecule has 3 nitrogen and oxygen atoms in total. The van der Waals surface area contributed by atoms with E-state index in [4.69, 9.17) is 0 Å². The molecule has 0 bridgehead atoms. The Morgan fingerprint density at radius 3 is 2.58 bits per heavy atom. The maximum Gasteiger partial charge on any atom is 0.419 e. The van der Waals surface area contributed by atoms with Gasteiger partial charge in [-0.1, -0.05) is 6.07 Å². The highest BCUT2D eigenvalue weighted by Crippen LogP contribution is 2.32. The van der Waals surface area contributed by atoms with Crippen LogP contribution in [0.2, 0.25) is 0 Å². The number of nitrogens with zero attached hydrogens (tertiary/aromatic N) is 1. The van der Waals surface area contributed by atoms with Gasteiger partial charge in [0.2, 0.25) is 0 Å². The molecule has 1 aliphatic rings. The van der Waals surface area contributed by atoms with Crippen LogP contribution in [0, 0.1) is 5.82 Å². The number of hydrogen-bond acceptors (Lipinski definition) is 2. The Balaban J connectivity index is 2.33. The van der Waals surface area contributed by atoms with E-state index in [1.807, 2.05) is 0 Å². The molecule has 1 fully saturated rings. The van der Waals surface area contributed by atoms with Gasteiger partial charge in [0.15, 0.2) is 0 Å². The smallest absolute Gasteiger partial charge is 0.391 e. The normalized spacial score (nSPS) is 19.8. The van der Waals surface area contributed by atoms with Gasteiger partial charge in [-0.05, 0) is 18.6 Å². The molecule has 1 aromatic rings. The molecule has 1 amide bonds. The molecule has 1 heterocycles. The lowest BCUT2D eigenvalue weighted by atomic mass is 10.1. The predicted octanol–water partition coefficient (Wildman–Crippen LogP) is 2.05. The lowest BCUT2D eigenvalue weighted by Crippen LogP contribution is -2.30. The van der Waals surface area contributed by atoms with E-state index >= 15 is 0 Å². The van der Waals surface area contributed by atoms with Crippen molar-refractivity contribution in [2.45, 2.75) is 18.7 Å². The van der Waals surface area contributed by atoms with Gasteiger partial charge in [0, 0.05) is 13.1 Å². The highest BCUT2D eigenvalue weighted by atomic mass is 19.4. The molecular weight excluding hydrogens is 266 g/mol. The summed E-state index contributed by atoms with van der Waals surface area (Å²) in [6.45, 7) is 0.213. The Labute approximate surface area is 106 Å². The zero-order chi connectivity index (χ0) is 14.2. The Hall–Kier alpha value is -1.63. The van der Waals surface area contributed by atoms with Gasteiger partial charge < -0.3 is 10.0 Å². The fourth-order valence-electron chi connectivity index (χ4n) is 2.01. The van der Waals surface area contributed by atoms with Gasteiger partial charge in [-0.2, -0.15) is 13.2 Å². The second kappa shape index (κ2) is 4.80. The number of benzene rings is 1. The molecule has 0 unspecified atom stereocenters. The highest BCUT2D eigenvalue weighted by Gasteiger charge is 2.36. The fourth-order valence-corrected chi connectivity index (χ4v) is 2.01. The molecule has 0 aromatic heterocycles. The summed E-state index contributed by atoms with van der Waals surface area (Å²) in [6.07, 6.45) is -5.21. The van der Waals surface area contributed by atoms with Crippen LogP contribution in [0.25, 0.3) is 0 Å². The molecule has 1 aliphatic heterocycles. The first-order valence-corrected chi connectivity index (χ1v) is 5.63. The third-order valence-electron chi connectivity index (χ3n) is 2.99. The number of aliphatic hydroxyl groups excluding tert-OH is 1. The van der Waals surface area contributed by atoms with Crippen molar-refractivity contribution >= 4 is 5.91 Å². The van der Waals surface area contributed by atoms with E-state index in [0.29, 0.717) is 12.5 Å². The lowest BCUT2D eigenvalue weighted by Gasteiger charge is -2.17. The minimum atomic E-state index is -4.84. The number of likely N-dealkylation sites (tertiary alicyclic amines) is 1. The van der Waals surface area contributed by atoms with Crippen molar-refractivity contribution in [1.82, 2.24) is 4.90 Å². The van der Waals surface area contributed by atoms with E-state index in [-0.39, 0.29) is 13.1 Å². The van der Waals surface area contributed by atoms with Crippen molar-refractivity contribution in [2.24, 2.45) is 0 Å². The SMILES string of the molecule is O=C(c1cccc(C(F)(F)F)c1F)N1CC[C@@H](O)C1. The summed E-state index contributed by atoms with van der Waals surface area (Å²) in [5.74, 6) is -2.40. The van der Waals surface area contributed by atoms with Crippen molar-refractivity contribution < 1.29 is 27.5 Å². The molecule has 0 saturated carbocycles. The van der Waals surface area contributed by atoms with Crippen LogP contribution >= 0.6 is 0 Å². The Morgan fingerprint density at radius 1 is 1.37 bits per heavy atom. The van der Waals surface area contributed by atoms with Crippen molar-refractivity contribution in [3.8, 4) is 0 Å². The van der Waals surface area contributed by atoms with Gasteiger partial charge in [0.1, 0.15) is 5.82 Å². The first kappa shape index (κ1) is 13.8. The molecule has 104 valence electrons. The number of β-amino-alcohol motifs (C(OH)–C–C–N with tert-alkyl or cyclic N) is 1. The zero-order valence-electron chi connectivity index (χ0n) is 9.75. The number of carbonyl (C=O) groups excluding carboxylic acids is 1. The third-order valence-corrected chi connectivity index (χ3v) is 2.99. The summed E-state index contributed by atoms with van der Waals surface area (Å²) in [4.78, 5) is 13.0. The van der Waals surface area contributed by atoms with E-state index < -0.39 is 35.1 Å². The lowest BCUT2D eigenvalue weighted by molar-refractivity contribution is -0.140. The van der Waals surface area contributed by atoms with Gasteiger partial charge in [0.25, 0.3) is 5.91 Å². The fraction of sp³-hybridized carbons (Fsp3) is 0.417. The molecule has 0 spiro atoms. The molecule has 1 atom stereocenters. The van der Waals surface area contributed by atoms with Gasteiger partial charge in [-0.15, -0.1) is 0 Å². The van der Waals surface area contributed by atoms with Gasteiger partial charge in [-0.25, -0.2) is 4.39 Å². The van der Waals surface area contributed by atoms with Crippen molar-refractivity contribution in [1.29, 1.82) is 0 Å². The van der Waals surface area contributed by atoms with E-state index in [9.17, 15) is 27.5 Å². The Morgan fingerprint density at radius 2 is 2.05 bits per heavy atom. The summed E-state index contributed by atoms with van der Waals surface area (Å²) in [7, 11) is 0. The van der Waals surface area contributed by atoms with Crippen LogP contribution in [-0.4, -0.2) is 35.1 Å². The minimum absolute atomic E-state index is 0.00845. The van der Waals surface area contributed by atoms with Crippen LogP contribution in [0.5, 0.6) is 0 Å². The number of alkyl halides is 3. The highest BCUT2D eigenvalue weighted by molar-refractivity contribution is 5.95. The summed E-state index contributed by atoms with van der Waals surface area (Å²) >= 11 is 0. The molecule has 0 radical (unpaired) electrons. The summed E-state index contributed by atoms with van der Waals surface area (Å²) in [6, 6.07) is 2.59. The monoisotopic (exact) mass is 277 g/mol. The quantitative estimate of drug-likeness (QED) is 0.798. The van der Waals surface area contributed by atoms with Crippen LogP contribution in [0.4, 0.5) is 17.6 Å². The molecule has 1 N–H and O–H groups in total. The number of rotatable bonds is 1. The predicted molar refractivity (Wildman–Crippen MR) is 57.9 cm³/mol. The summed E-state index contributed by atoms with van der Waals surface area (Å²) in [5.41, 5.74) is -2.08. The largest absolute Gasteiger partial charge is 0.419 e. The number of halogens is 4. The number of amides is 1. The van der Waals surface area contributed by atoms with E-state index in [0.717, 1.165) is 17.0 Å². The maximum absolute atomic E-state index is 13.7. The van der Waals surface area contributed by atoms with E-state index in [1.165, 1.54) is 0 Å². The third kappa shape index (κ3) is 2.70. The minimum Gasteiger partial charge on any atom is -0.391 e. The average Bonchev–Trinajstić information content (AvgIpc) is 2.74. The number of aliphatic hydroxyl groups is 1. The summed E-state index contributed by atoms with van der Waals surface area (Å²) in [5, 5.41) is 9.28. The molecule has 7 heteroatoms. The van der Waals surface area contributed by atoms with Crippen LogP contribution in [0.15, 0.2) is 18.2 Å². The first-order valence-electron chi connectivity index (χ1n) is 5.63. The van der Waals surface area contributed by atoms with Crippen molar-refractivity contribution in [2.75, 3.05) is 13.1 Å². The van der Waals surface area contributed by atoms with Crippen molar-refractivity contribution in [3.63, 3.8) is 0 Å². The Bertz CT molecular complexity index is 501. The van der Waals surface area contributed by atoms with Crippen LogP contribution < -0.4 is 0 Å². The second-order valence-electron chi connectivity index (χ2n) is 4.36. The van der Waals surface area contributed by atoms with Gasteiger partial charge >= 0.3 is 6.18 Å². The van der Waals surface area contributed by atoms with Crippen molar-refractivity contribution in [3.05, 3.63) is 35.1 Å². The maximum atomic E-state index is 13.7. The van der Waals surface area contributed by atoms with Gasteiger partial charge in [-0.3, -0.25) is 4.79 Å². The Kier molecular flexibility index (Phi) is 3.49. The number of carbonyl (C=O) groups is 1. The zero-order valence-corrected chi connectivity index (χ0v) is 9.75. The van der Waals surface area contributed by atoms with Crippen LogP contribution in [-0.2, 0) is 6.18 Å². The standard InChI is InChI=1S/C12H11F4NO2/c13-10-8(2-1-3-9(10)12(14,15)16)11(19)17-5-4-7(18)6-17/h1-3,7,18H,4-6H2/t7-/m1/s1. The topological polar surface area (TPSA) is 40.5 Å². The summed E-state index contributed by atoms with van der Waals surface area (Å²) < 4.78 is 51.3. The first-order chi connectivity index (χ1) is 8.80. The molecule has 1 aromatic carbocycles. The molecular formula is C12H11F4NO2. The number of hydrogen-bond donors (Lipinski definition) is 1. The molecule has 1 saturated heterocycles.